The van der Waals surface area contributed by atoms with E-state index in [0.717, 1.165) is 83.5 Å². The third-order valence-corrected chi connectivity index (χ3v) is 10.5. The predicted molar refractivity (Wildman–Crippen MR) is 278 cm³/mol. The molecule has 9 heteroatoms. The van der Waals surface area contributed by atoms with Gasteiger partial charge in [-0.2, -0.15) is 0 Å². The molecule has 0 aliphatic heterocycles. The van der Waals surface area contributed by atoms with Crippen molar-refractivity contribution in [3.05, 3.63) is 109 Å². The number of unbranched alkanes of at least 4 members (excludes halogenated alkanes) is 13. The lowest BCUT2D eigenvalue weighted by atomic mass is 10.0. The number of carbonyl (C=O) groups excluding carboxylic acids is 3. The number of hydrogen-bond acceptors (Lipinski definition) is 8. The number of quaternary nitrogens is 1. The van der Waals surface area contributed by atoms with Gasteiger partial charge in [-0.1, -0.05) is 187 Å². The van der Waals surface area contributed by atoms with E-state index >= 15 is 0 Å². The van der Waals surface area contributed by atoms with Crippen molar-refractivity contribution < 1.29 is 42.9 Å². The van der Waals surface area contributed by atoms with E-state index in [9.17, 15) is 19.5 Å². The summed E-state index contributed by atoms with van der Waals surface area (Å²) in [5.74, 6) is -2.38. The maximum atomic E-state index is 12.8. The zero-order valence-electron chi connectivity index (χ0n) is 43.0. The zero-order valence-corrected chi connectivity index (χ0v) is 43.0. The number of aliphatic carboxylic acids is 1. The molecule has 0 aromatic heterocycles. The van der Waals surface area contributed by atoms with Crippen LogP contribution in [0.1, 0.15) is 181 Å². The Morgan fingerprint density at radius 2 is 0.821 bits per heavy atom. The molecule has 67 heavy (non-hydrogen) atoms. The number of carbonyl (C=O) groups is 3. The van der Waals surface area contributed by atoms with Gasteiger partial charge in [-0.05, 0) is 89.9 Å². The summed E-state index contributed by atoms with van der Waals surface area (Å²) in [5, 5.41) is 11.7. The molecule has 0 bridgehead atoms. The van der Waals surface area contributed by atoms with Crippen LogP contribution in [0.15, 0.2) is 109 Å². The smallest absolute Gasteiger partial charge is 0.306 e. The summed E-state index contributed by atoms with van der Waals surface area (Å²) in [5.41, 5.74) is 0. The molecule has 0 aliphatic rings. The van der Waals surface area contributed by atoms with Gasteiger partial charge in [0, 0.05) is 12.8 Å². The lowest BCUT2D eigenvalue weighted by Gasteiger charge is -2.26. The second-order valence-electron chi connectivity index (χ2n) is 18.0. The van der Waals surface area contributed by atoms with Gasteiger partial charge in [0.15, 0.2) is 12.4 Å². The van der Waals surface area contributed by atoms with E-state index in [-0.39, 0.29) is 38.6 Å². The molecule has 0 saturated heterocycles. The fourth-order valence-corrected chi connectivity index (χ4v) is 6.56. The van der Waals surface area contributed by atoms with Crippen molar-refractivity contribution in [3.63, 3.8) is 0 Å². The van der Waals surface area contributed by atoms with Crippen molar-refractivity contribution in [1.82, 2.24) is 0 Å². The Morgan fingerprint density at radius 1 is 0.448 bits per heavy atom. The van der Waals surface area contributed by atoms with E-state index < -0.39 is 24.3 Å². The van der Waals surface area contributed by atoms with Crippen LogP contribution in [0.2, 0.25) is 0 Å². The Labute approximate surface area is 409 Å². The average molecular weight is 934 g/mol. The molecule has 0 heterocycles. The van der Waals surface area contributed by atoms with Crippen LogP contribution >= 0.6 is 0 Å². The number of nitrogens with zero attached hydrogens (tertiary/aromatic N) is 1. The first-order valence-corrected chi connectivity index (χ1v) is 26.0. The fraction of sp³-hybridized carbons (Fsp3) is 0.638. The molecular formula is C58H95NO8. The van der Waals surface area contributed by atoms with E-state index in [1.165, 1.54) is 57.8 Å². The minimum atomic E-state index is -1.64. The fourth-order valence-electron chi connectivity index (χ4n) is 6.56. The summed E-state index contributed by atoms with van der Waals surface area (Å²) in [7, 11) is 5.89. The first-order chi connectivity index (χ1) is 32.6. The van der Waals surface area contributed by atoms with Gasteiger partial charge in [-0.3, -0.25) is 9.59 Å². The normalized spacial score (nSPS) is 13.7. The van der Waals surface area contributed by atoms with Crippen molar-refractivity contribution in [2.24, 2.45) is 0 Å². The Kier molecular flexibility index (Phi) is 45.5. The highest BCUT2D eigenvalue weighted by Gasteiger charge is 2.21. The van der Waals surface area contributed by atoms with Crippen LogP contribution in [0.5, 0.6) is 0 Å². The van der Waals surface area contributed by atoms with E-state index in [2.05, 4.69) is 117 Å². The maximum absolute atomic E-state index is 12.8. The van der Waals surface area contributed by atoms with Crippen molar-refractivity contribution >= 4 is 17.9 Å². The van der Waals surface area contributed by atoms with Gasteiger partial charge in [0.25, 0.3) is 0 Å². The standard InChI is InChI=1S/C58H95NO8/c1-6-8-10-12-14-16-18-20-22-24-25-26-27-28-29-30-31-33-34-36-38-40-42-44-46-48-55(60)65-52-54(53-66-58(57(62)63)64-51-50-59(3,4)5)67-56(61)49-47-45-43-41-39-37-35-32-23-21-19-17-15-13-11-9-7-2/h8-11,14-17,20-23,25-26,35,37,41,43,54,58H,6-7,12-13,18-19,24,27-34,36,38-40,42,44-53H2,1-5H3/b10-8-,11-9-,16-14-,17-15-,22-20-,23-21-,26-25-,37-35-,43-41-. The number of esters is 2. The van der Waals surface area contributed by atoms with Crippen LogP contribution in [0, 0.1) is 0 Å². The highest BCUT2D eigenvalue weighted by molar-refractivity contribution is 5.70. The van der Waals surface area contributed by atoms with Gasteiger partial charge in [0.05, 0.1) is 40.3 Å². The molecule has 0 rings (SSSR count). The minimum Gasteiger partial charge on any atom is -0.545 e. The Balaban J connectivity index is 4.37. The van der Waals surface area contributed by atoms with Gasteiger partial charge in [0.1, 0.15) is 13.2 Å². The number of hydrogen-bond donors (Lipinski definition) is 0. The molecule has 0 aromatic rings. The summed E-state index contributed by atoms with van der Waals surface area (Å²) < 4.78 is 22.6. The van der Waals surface area contributed by atoms with Crippen LogP contribution in [0.4, 0.5) is 0 Å². The van der Waals surface area contributed by atoms with E-state index in [1.54, 1.807) is 0 Å². The summed E-state index contributed by atoms with van der Waals surface area (Å²) in [6, 6.07) is 0. The Morgan fingerprint density at radius 3 is 1.24 bits per heavy atom. The van der Waals surface area contributed by atoms with Crippen molar-refractivity contribution in [3.8, 4) is 0 Å². The summed E-state index contributed by atoms with van der Waals surface area (Å²) >= 11 is 0. The molecule has 9 nitrogen and oxygen atoms in total. The highest BCUT2D eigenvalue weighted by atomic mass is 16.7. The molecule has 2 atom stereocenters. The predicted octanol–water partition coefficient (Wildman–Crippen LogP) is 13.4. The second-order valence-corrected chi connectivity index (χ2v) is 18.0. The van der Waals surface area contributed by atoms with Crippen LogP contribution in [-0.4, -0.2) is 82.3 Å². The van der Waals surface area contributed by atoms with Gasteiger partial charge in [-0.25, -0.2) is 0 Å². The lowest BCUT2D eigenvalue weighted by Crippen LogP contribution is -2.44. The molecule has 2 unspecified atom stereocenters. The molecule has 0 saturated carbocycles. The Bertz CT molecular complexity index is 1460. The van der Waals surface area contributed by atoms with Crippen LogP contribution in [0.3, 0.4) is 0 Å². The van der Waals surface area contributed by atoms with Gasteiger partial charge >= 0.3 is 11.9 Å². The van der Waals surface area contributed by atoms with Crippen LogP contribution in [-0.2, 0) is 33.3 Å². The van der Waals surface area contributed by atoms with Gasteiger partial charge < -0.3 is 33.3 Å². The summed E-state index contributed by atoms with van der Waals surface area (Å²) in [6.07, 6.45) is 62.8. The number of carboxylic acid groups (broad SMARTS) is 1. The molecule has 0 fully saturated rings. The molecule has 380 valence electrons. The molecule has 0 spiro atoms. The van der Waals surface area contributed by atoms with E-state index in [4.69, 9.17) is 18.9 Å². The van der Waals surface area contributed by atoms with Gasteiger partial charge in [-0.15, -0.1) is 0 Å². The van der Waals surface area contributed by atoms with Crippen LogP contribution < -0.4 is 5.11 Å². The minimum absolute atomic E-state index is 0.131. The molecule has 0 aliphatic carbocycles. The average Bonchev–Trinajstić information content (AvgIpc) is 3.29. The molecular weight excluding hydrogens is 839 g/mol. The number of ether oxygens (including phenoxy) is 4. The topological polar surface area (TPSA) is 111 Å². The van der Waals surface area contributed by atoms with Gasteiger partial charge in [0.2, 0.25) is 0 Å². The number of likely N-dealkylation sites (N-methyl/N-ethyl adjacent to an activating group) is 1. The number of allylic oxidation sites excluding steroid dienone is 18. The SMILES string of the molecule is CC/C=C\C/C=C\C/C=C\C/C=C\C/C=C\CCCC(=O)OC(COC(=O)CCCCCCCCCCCCCC/C=C\C/C=C\C/C=C\C/C=C\CC)COC(OCC[N+](C)(C)C)C(=O)[O-]. The first kappa shape index (κ1) is 63.0. The maximum Gasteiger partial charge on any atom is 0.306 e. The number of rotatable bonds is 46. The summed E-state index contributed by atoms with van der Waals surface area (Å²) in [6.45, 7) is 4.43. The van der Waals surface area contributed by atoms with Crippen molar-refractivity contribution in [2.45, 2.75) is 193 Å². The summed E-state index contributed by atoms with van der Waals surface area (Å²) in [4.78, 5) is 37.1. The largest absolute Gasteiger partial charge is 0.545 e. The molecule has 0 amide bonds. The second kappa shape index (κ2) is 48.4. The van der Waals surface area contributed by atoms with Crippen LogP contribution in [0.25, 0.3) is 0 Å². The molecule has 0 N–H and O–H groups in total. The third-order valence-electron chi connectivity index (χ3n) is 10.5. The van der Waals surface area contributed by atoms with Crippen molar-refractivity contribution in [1.29, 1.82) is 0 Å². The van der Waals surface area contributed by atoms with Crippen molar-refractivity contribution in [2.75, 3.05) is 47.5 Å². The zero-order chi connectivity index (χ0) is 49.2. The highest BCUT2D eigenvalue weighted by Crippen LogP contribution is 2.14. The Hall–Kier alpha value is -4.05. The third kappa shape index (κ3) is 49.7. The monoisotopic (exact) mass is 934 g/mol. The van der Waals surface area contributed by atoms with E-state index in [0.29, 0.717) is 23.9 Å². The van der Waals surface area contributed by atoms with E-state index in [1.807, 2.05) is 27.2 Å². The quantitative estimate of drug-likeness (QED) is 0.0195. The lowest BCUT2D eigenvalue weighted by molar-refractivity contribution is -0.870. The first-order valence-electron chi connectivity index (χ1n) is 26.0. The number of carboxylic acids is 1. The molecule has 0 aromatic carbocycles. The molecule has 0 radical (unpaired) electrons.